The van der Waals surface area contributed by atoms with E-state index in [2.05, 4.69) is 10.1 Å². The topological polar surface area (TPSA) is 47.6 Å². The van der Waals surface area contributed by atoms with E-state index in [1.165, 1.54) is 37.4 Å². The smallest absolute Gasteiger partial charge is 0.387 e. The molecule has 0 aromatic heterocycles. The third-order valence-electron chi connectivity index (χ3n) is 3.09. The summed E-state index contributed by atoms with van der Waals surface area (Å²) in [6.07, 6.45) is 0. The molecule has 1 N–H and O–H groups in total. The first-order valence-electron chi connectivity index (χ1n) is 6.76. The largest absolute Gasteiger partial charge is 0.493 e. The summed E-state index contributed by atoms with van der Waals surface area (Å²) < 4.78 is 47.5. The van der Waals surface area contributed by atoms with E-state index in [0.29, 0.717) is 5.56 Å². The predicted molar refractivity (Wildman–Crippen MR) is 82.2 cm³/mol. The Kier molecular flexibility index (Phi) is 5.92. The van der Waals surface area contributed by atoms with E-state index in [1.807, 2.05) is 0 Å². The first-order chi connectivity index (χ1) is 11.4. The van der Waals surface area contributed by atoms with Crippen LogP contribution in [0.15, 0.2) is 36.4 Å². The van der Waals surface area contributed by atoms with Crippen molar-refractivity contribution in [2.75, 3.05) is 7.11 Å². The quantitative estimate of drug-likeness (QED) is 0.847. The number of hydrogen-bond acceptors (Lipinski definition) is 3. The summed E-state index contributed by atoms with van der Waals surface area (Å²) in [5, 5.41) is 2.49. The molecule has 0 saturated carbocycles. The molecule has 4 nitrogen and oxygen atoms in total. The Labute approximate surface area is 141 Å². The Morgan fingerprint density at radius 3 is 2.62 bits per heavy atom. The highest BCUT2D eigenvalue weighted by Gasteiger charge is 2.16. The highest BCUT2D eigenvalue weighted by Crippen LogP contribution is 2.29. The molecule has 2 aromatic carbocycles. The molecule has 0 heterocycles. The lowest BCUT2D eigenvalue weighted by molar-refractivity contribution is -0.0512. The fourth-order valence-corrected chi connectivity index (χ4v) is 2.25. The molecule has 24 heavy (non-hydrogen) atoms. The van der Waals surface area contributed by atoms with Crippen LogP contribution in [0.4, 0.5) is 13.2 Å². The number of amides is 1. The van der Waals surface area contributed by atoms with Crippen LogP contribution in [-0.4, -0.2) is 19.6 Å². The van der Waals surface area contributed by atoms with Gasteiger partial charge in [-0.05, 0) is 29.8 Å². The minimum absolute atomic E-state index is 0.00855. The van der Waals surface area contributed by atoms with Crippen molar-refractivity contribution in [2.24, 2.45) is 0 Å². The van der Waals surface area contributed by atoms with Crippen molar-refractivity contribution in [3.8, 4) is 11.5 Å². The van der Waals surface area contributed by atoms with Gasteiger partial charge in [-0.25, -0.2) is 4.39 Å². The molecule has 0 atom stereocenters. The minimum atomic E-state index is -2.98. The summed E-state index contributed by atoms with van der Waals surface area (Å²) in [4.78, 5) is 12.0. The van der Waals surface area contributed by atoms with E-state index >= 15 is 0 Å². The summed E-state index contributed by atoms with van der Waals surface area (Å²) in [5.74, 6) is -1.46. The average Bonchev–Trinajstić information content (AvgIpc) is 2.53. The lowest BCUT2D eigenvalue weighted by atomic mass is 10.1. The average molecular weight is 360 g/mol. The molecule has 2 aromatic rings. The van der Waals surface area contributed by atoms with Crippen LogP contribution in [0.3, 0.4) is 0 Å². The standard InChI is InChI=1S/C16H13ClF3NO3/c1-23-13-7-9(5-6-12(13)24-16(19)20)8-21-15(22)14-10(17)3-2-4-11(14)18/h2-7,16H,8H2,1H3,(H,21,22). The van der Waals surface area contributed by atoms with Gasteiger partial charge >= 0.3 is 6.61 Å². The first kappa shape index (κ1) is 17.9. The van der Waals surface area contributed by atoms with E-state index in [-0.39, 0.29) is 28.6 Å². The fourth-order valence-electron chi connectivity index (χ4n) is 2.00. The van der Waals surface area contributed by atoms with Gasteiger partial charge in [0.15, 0.2) is 11.5 Å². The van der Waals surface area contributed by atoms with Gasteiger partial charge < -0.3 is 14.8 Å². The maximum Gasteiger partial charge on any atom is 0.387 e. The number of benzene rings is 2. The number of hydrogen-bond donors (Lipinski definition) is 1. The number of ether oxygens (including phenoxy) is 2. The van der Waals surface area contributed by atoms with Crippen LogP contribution >= 0.6 is 11.6 Å². The number of carbonyl (C=O) groups is 1. The van der Waals surface area contributed by atoms with Gasteiger partial charge in [-0.3, -0.25) is 4.79 Å². The molecule has 0 aliphatic rings. The summed E-state index contributed by atoms with van der Waals surface area (Å²) in [5.41, 5.74) is 0.290. The van der Waals surface area contributed by atoms with Crippen molar-refractivity contribution in [1.29, 1.82) is 0 Å². The van der Waals surface area contributed by atoms with Gasteiger partial charge in [0.1, 0.15) is 5.82 Å². The molecule has 0 spiro atoms. The fraction of sp³-hybridized carbons (Fsp3) is 0.188. The minimum Gasteiger partial charge on any atom is -0.493 e. The number of nitrogens with one attached hydrogen (secondary N) is 1. The molecule has 0 aliphatic carbocycles. The predicted octanol–water partition coefficient (Wildman–Crippen LogP) is 4.02. The molecule has 0 fully saturated rings. The van der Waals surface area contributed by atoms with Crippen LogP contribution in [0.5, 0.6) is 11.5 Å². The van der Waals surface area contributed by atoms with E-state index < -0.39 is 18.3 Å². The molecular weight excluding hydrogens is 347 g/mol. The molecular formula is C16H13ClF3NO3. The summed E-state index contributed by atoms with van der Waals surface area (Å²) in [7, 11) is 1.30. The first-order valence-corrected chi connectivity index (χ1v) is 7.14. The van der Waals surface area contributed by atoms with Crippen LogP contribution in [0.25, 0.3) is 0 Å². The van der Waals surface area contributed by atoms with E-state index in [4.69, 9.17) is 16.3 Å². The second-order valence-corrected chi connectivity index (χ2v) is 5.05. The molecule has 0 saturated heterocycles. The van der Waals surface area contributed by atoms with Crippen LogP contribution in [0.2, 0.25) is 5.02 Å². The Morgan fingerprint density at radius 1 is 1.25 bits per heavy atom. The normalized spacial score (nSPS) is 10.6. The monoisotopic (exact) mass is 359 g/mol. The van der Waals surface area contributed by atoms with Crippen LogP contribution in [0, 0.1) is 5.82 Å². The number of methoxy groups -OCH3 is 1. The SMILES string of the molecule is COc1cc(CNC(=O)c2c(F)cccc2Cl)ccc1OC(F)F. The number of alkyl halides is 2. The van der Waals surface area contributed by atoms with Crippen molar-refractivity contribution in [2.45, 2.75) is 13.2 Å². The van der Waals surface area contributed by atoms with Gasteiger partial charge in [-0.2, -0.15) is 8.78 Å². The number of rotatable bonds is 6. The molecule has 0 aliphatic heterocycles. The zero-order chi connectivity index (χ0) is 17.7. The zero-order valence-electron chi connectivity index (χ0n) is 12.5. The molecule has 128 valence electrons. The van der Waals surface area contributed by atoms with Gasteiger partial charge in [-0.15, -0.1) is 0 Å². The van der Waals surface area contributed by atoms with Gasteiger partial charge in [0.25, 0.3) is 5.91 Å². The van der Waals surface area contributed by atoms with E-state index in [0.717, 1.165) is 6.07 Å². The third-order valence-corrected chi connectivity index (χ3v) is 3.40. The highest BCUT2D eigenvalue weighted by molar-refractivity contribution is 6.33. The van der Waals surface area contributed by atoms with Crippen molar-refractivity contribution in [3.63, 3.8) is 0 Å². The van der Waals surface area contributed by atoms with E-state index in [1.54, 1.807) is 0 Å². The molecule has 2 rings (SSSR count). The Balaban J connectivity index is 2.10. The van der Waals surface area contributed by atoms with Crippen molar-refractivity contribution >= 4 is 17.5 Å². The van der Waals surface area contributed by atoms with Crippen molar-refractivity contribution in [3.05, 3.63) is 58.4 Å². The van der Waals surface area contributed by atoms with Crippen LogP contribution in [-0.2, 0) is 6.54 Å². The van der Waals surface area contributed by atoms with Crippen LogP contribution < -0.4 is 14.8 Å². The maximum absolute atomic E-state index is 13.7. The summed E-state index contributed by atoms with van der Waals surface area (Å²) in [6, 6.07) is 8.12. The highest BCUT2D eigenvalue weighted by atomic mass is 35.5. The summed E-state index contributed by atoms with van der Waals surface area (Å²) >= 11 is 5.81. The third kappa shape index (κ3) is 4.32. The molecule has 0 radical (unpaired) electrons. The molecule has 1 amide bonds. The van der Waals surface area contributed by atoms with Crippen LogP contribution in [0.1, 0.15) is 15.9 Å². The Morgan fingerprint density at radius 2 is 2.00 bits per heavy atom. The molecule has 0 bridgehead atoms. The molecule has 0 unspecified atom stereocenters. The molecule has 8 heteroatoms. The number of carbonyl (C=O) groups excluding carboxylic acids is 1. The number of halogens is 4. The lowest BCUT2D eigenvalue weighted by Crippen LogP contribution is -2.24. The Hall–Kier alpha value is -2.41. The maximum atomic E-state index is 13.7. The Bertz CT molecular complexity index is 720. The lowest BCUT2D eigenvalue weighted by Gasteiger charge is -2.12. The van der Waals surface area contributed by atoms with E-state index in [9.17, 15) is 18.0 Å². The van der Waals surface area contributed by atoms with Gasteiger partial charge in [-0.1, -0.05) is 23.7 Å². The van der Waals surface area contributed by atoms with Crippen molar-refractivity contribution < 1.29 is 27.4 Å². The van der Waals surface area contributed by atoms with Gasteiger partial charge in [0.05, 0.1) is 17.7 Å². The van der Waals surface area contributed by atoms with Gasteiger partial charge in [0.2, 0.25) is 0 Å². The van der Waals surface area contributed by atoms with Gasteiger partial charge in [0, 0.05) is 6.54 Å². The second kappa shape index (κ2) is 7.92. The zero-order valence-corrected chi connectivity index (χ0v) is 13.2. The second-order valence-electron chi connectivity index (χ2n) is 4.64. The summed E-state index contributed by atoms with van der Waals surface area (Å²) in [6.45, 7) is -2.96. The van der Waals surface area contributed by atoms with Crippen molar-refractivity contribution in [1.82, 2.24) is 5.32 Å².